The number of hydrogen-bond acceptors (Lipinski definition) is 4. The summed E-state index contributed by atoms with van der Waals surface area (Å²) in [6.45, 7) is 7.56. The fraction of sp³-hybridized carbons (Fsp3) is 0.500. The molecule has 0 saturated heterocycles. The highest BCUT2D eigenvalue weighted by molar-refractivity contribution is 7.89. The molecule has 0 aliphatic carbocycles. The molecule has 0 amide bonds. The molecule has 1 N–H and O–H groups in total. The van der Waals surface area contributed by atoms with E-state index in [0.717, 1.165) is 22.8 Å². The van der Waals surface area contributed by atoms with Crippen molar-refractivity contribution in [3.05, 3.63) is 22.8 Å². The number of rotatable bonds is 5. The van der Waals surface area contributed by atoms with Gasteiger partial charge in [0.1, 0.15) is 9.90 Å². The Kier molecular flexibility index (Phi) is 4.55. The Morgan fingerprint density at radius 3 is 2.62 bits per heavy atom. The van der Waals surface area contributed by atoms with Gasteiger partial charge in [0.25, 0.3) is 0 Å². The van der Waals surface area contributed by atoms with Crippen LogP contribution in [0.25, 0.3) is 10.7 Å². The third-order valence-corrected chi connectivity index (χ3v) is 6.27. The number of sulfonamides is 1. The molecule has 2 aromatic heterocycles. The average molecular weight is 327 g/mol. The minimum Gasteiger partial charge on any atom is -0.345 e. The zero-order chi connectivity index (χ0) is 15.8. The van der Waals surface area contributed by atoms with Gasteiger partial charge < -0.3 is 4.57 Å². The van der Waals surface area contributed by atoms with Crippen LogP contribution in [0.4, 0.5) is 0 Å². The summed E-state index contributed by atoms with van der Waals surface area (Å²) in [6, 6.07) is 1.62. The van der Waals surface area contributed by atoms with Crippen molar-refractivity contribution in [2.45, 2.75) is 45.1 Å². The van der Waals surface area contributed by atoms with Crippen LogP contribution in [-0.4, -0.2) is 24.0 Å². The van der Waals surface area contributed by atoms with E-state index < -0.39 is 10.0 Å². The molecular weight excluding hydrogens is 306 g/mol. The molecule has 1 unspecified atom stereocenters. The van der Waals surface area contributed by atoms with E-state index in [1.54, 1.807) is 6.07 Å². The van der Waals surface area contributed by atoms with Crippen molar-refractivity contribution in [1.82, 2.24) is 14.3 Å². The maximum atomic E-state index is 12.5. The second-order valence-electron chi connectivity index (χ2n) is 5.26. The Morgan fingerprint density at radius 2 is 2.10 bits per heavy atom. The summed E-state index contributed by atoms with van der Waals surface area (Å²) < 4.78 is 29.5. The molecule has 0 saturated carbocycles. The normalized spacial score (nSPS) is 13.6. The smallest absolute Gasteiger partial charge is 0.242 e. The quantitative estimate of drug-likeness (QED) is 0.918. The van der Waals surface area contributed by atoms with Crippen LogP contribution < -0.4 is 4.72 Å². The van der Waals surface area contributed by atoms with Crippen molar-refractivity contribution in [2.75, 3.05) is 0 Å². The average Bonchev–Trinajstić information content (AvgIpc) is 2.95. The van der Waals surface area contributed by atoms with E-state index in [4.69, 9.17) is 0 Å². The number of nitrogens with zero attached hydrogens (tertiary/aromatic N) is 2. The molecule has 0 spiro atoms. The third kappa shape index (κ3) is 3.20. The monoisotopic (exact) mass is 327 g/mol. The molecule has 0 aliphatic heterocycles. The third-order valence-electron chi connectivity index (χ3n) is 3.59. The van der Waals surface area contributed by atoms with Crippen LogP contribution in [0.5, 0.6) is 0 Å². The molecule has 1 atom stereocenters. The predicted octanol–water partition coefficient (Wildman–Crippen LogP) is 2.84. The van der Waals surface area contributed by atoms with Gasteiger partial charge in [0.15, 0.2) is 0 Å². The van der Waals surface area contributed by atoms with Crippen molar-refractivity contribution < 1.29 is 8.42 Å². The highest BCUT2D eigenvalue weighted by Gasteiger charge is 2.24. The summed E-state index contributed by atoms with van der Waals surface area (Å²) in [5.41, 5.74) is 2.49. The Hall–Kier alpha value is -1.18. The molecule has 0 aromatic carbocycles. The van der Waals surface area contributed by atoms with Gasteiger partial charge in [-0.15, -0.1) is 11.3 Å². The van der Waals surface area contributed by atoms with Crippen molar-refractivity contribution in [2.24, 2.45) is 7.05 Å². The lowest BCUT2D eigenvalue weighted by Crippen LogP contribution is -2.32. The number of aryl methyl sites for hydroxylation is 1. The maximum absolute atomic E-state index is 12.5. The van der Waals surface area contributed by atoms with Crippen LogP contribution in [0.3, 0.4) is 0 Å². The second kappa shape index (κ2) is 5.90. The molecule has 0 bridgehead atoms. The van der Waals surface area contributed by atoms with Crippen LogP contribution in [-0.2, 0) is 17.1 Å². The highest BCUT2D eigenvalue weighted by Crippen LogP contribution is 2.29. The van der Waals surface area contributed by atoms with E-state index in [0.29, 0.717) is 10.6 Å². The molecule has 116 valence electrons. The van der Waals surface area contributed by atoms with Gasteiger partial charge in [-0.2, -0.15) is 0 Å². The molecule has 21 heavy (non-hydrogen) atoms. The topological polar surface area (TPSA) is 64.0 Å². The number of aromatic nitrogens is 2. The Labute approximate surface area is 130 Å². The predicted molar refractivity (Wildman–Crippen MR) is 86.1 cm³/mol. The molecule has 5 nitrogen and oxygen atoms in total. The molecule has 0 aliphatic rings. The van der Waals surface area contributed by atoms with Gasteiger partial charge >= 0.3 is 0 Å². The molecular formula is C14H21N3O2S2. The molecule has 2 aromatic rings. The zero-order valence-electron chi connectivity index (χ0n) is 13.0. The first-order chi connectivity index (χ1) is 9.76. The van der Waals surface area contributed by atoms with Crippen LogP contribution in [0.15, 0.2) is 16.3 Å². The van der Waals surface area contributed by atoms with Crippen molar-refractivity contribution in [3.8, 4) is 10.7 Å². The van der Waals surface area contributed by atoms with Gasteiger partial charge in [-0.25, -0.2) is 18.1 Å². The van der Waals surface area contributed by atoms with Crippen LogP contribution in [0, 0.1) is 13.8 Å². The second-order valence-corrected chi connectivity index (χ2v) is 7.80. The first-order valence-electron chi connectivity index (χ1n) is 6.87. The number of hydrogen-bond donors (Lipinski definition) is 1. The maximum Gasteiger partial charge on any atom is 0.242 e. The number of thiazole rings is 1. The Bertz CT molecular complexity index is 744. The minimum atomic E-state index is -3.50. The van der Waals surface area contributed by atoms with Gasteiger partial charge in [0.05, 0.1) is 5.69 Å². The summed E-state index contributed by atoms with van der Waals surface area (Å²) >= 11 is 1.52. The van der Waals surface area contributed by atoms with Gasteiger partial charge in [-0.3, -0.25) is 0 Å². The molecule has 7 heteroatoms. The summed E-state index contributed by atoms with van der Waals surface area (Å²) in [5, 5.41) is 2.80. The van der Waals surface area contributed by atoms with Gasteiger partial charge in [0, 0.05) is 29.9 Å². The fourth-order valence-electron chi connectivity index (χ4n) is 2.03. The fourth-order valence-corrected chi connectivity index (χ4v) is 4.50. The van der Waals surface area contributed by atoms with Crippen molar-refractivity contribution >= 4 is 21.4 Å². The summed E-state index contributed by atoms with van der Waals surface area (Å²) in [6.07, 6.45) is 0.754. The van der Waals surface area contributed by atoms with Crippen LogP contribution >= 0.6 is 11.3 Å². The van der Waals surface area contributed by atoms with E-state index in [9.17, 15) is 8.42 Å². The van der Waals surface area contributed by atoms with E-state index in [-0.39, 0.29) is 6.04 Å². The highest BCUT2D eigenvalue weighted by atomic mass is 32.2. The van der Waals surface area contributed by atoms with Crippen LogP contribution in [0.2, 0.25) is 0 Å². The SMILES string of the molecule is CCC(C)NS(=O)(=O)c1cc(-c2nc(C)cs2)n(C)c1C. The van der Waals surface area contributed by atoms with Gasteiger partial charge in [-0.1, -0.05) is 6.92 Å². The zero-order valence-corrected chi connectivity index (χ0v) is 14.6. The number of nitrogens with one attached hydrogen (secondary N) is 1. The lowest BCUT2D eigenvalue weighted by molar-refractivity contribution is 0.555. The summed E-state index contributed by atoms with van der Waals surface area (Å²) in [7, 11) is -1.63. The standard InChI is InChI=1S/C14H21N3O2S2/c1-6-9(2)16-21(18,19)13-7-12(17(5)11(13)4)14-15-10(3)8-20-14/h7-9,16H,6H2,1-5H3. The van der Waals surface area contributed by atoms with E-state index in [1.807, 2.05) is 44.7 Å². The van der Waals surface area contributed by atoms with Gasteiger partial charge in [0.2, 0.25) is 10.0 Å². The molecule has 0 fully saturated rings. The Balaban J connectivity index is 2.48. The lowest BCUT2D eigenvalue weighted by atomic mass is 10.3. The van der Waals surface area contributed by atoms with Gasteiger partial charge in [-0.05, 0) is 33.3 Å². The summed E-state index contributed by atoms with van der Waals surface area (Å²) in [4.78, 5) is 4.76. The van der Waals surface area contributed by atoms with E-state index >= 15 is 0 Å². The molecule has 2 rings (SSSR count). The molecule has 0 radical (unpaired) electrons. The minimum absolute atomic E-state index is 0.0832. The van der Waals surface area contributed by atoms with E-state index in [1.165, 1.54) is 11.3 Å². The summed E-state index contributed by atoms with van der Waals surface area (Å²) in [5.74, 6) is 0. The lowest BCUT2D eigenvalue weighted by Gasteiger charge is -2.11. The largest absolute Gasteiger partial charge is 0.345 e. The first-order valence-corrected chi connectivity index (χ1v) is 9.23. The first kappa shape index (κ1) is 16.2. The Morgan fingerprint density at radius 1 is 1.43 bits per heavy atom. The molecule has 2 heterocycles. The van der Waals surface area contributed by atoms with Crippen LogP contribution in [0.1, 0.15) is 31.7 Å². The van der Waals surface area contributed by atoms with E-state index in [2.05, 4.69) is 9.71 Å². The van der Waals surface area contributed by atoms with Crippen molar-refractivity contribution in [3.63, 3.8) is 0 Å². The van der Waals surface area contributed by atoms with Crippen molar-refractivity contribution in [1.29, 1.82) is 0 Å².